The lowest BCUT2D eigenvalue weighted by molar-refractivity contribution is 0.571. The van der Waals surface area contributed by atoms with Crippen molar-refractivity contribution in [1.82, 2.24) is 9.78 Å². The highest BCUT2D eigenvalue weighted by atomic mass is 15.3. The molecule has 3 heteroatoms. The monoisotopic (exact) mass is 223 g/mol. The average Bonchev–Trinajstić information content (AvgIpc) is 2.42. The Morgan fingerprint density at radius 1 is 1.19 bits per heavy atom. The average molecular weight is 223 g/mol. The maximum absolute atomic E-state index is 6.06. The first-order valence-corrected chi connectivity index (χ1v) is 6.22. The highest BCUT2D eigenvalue weighted by Gasteiger charge is 2.14. The second-order valence-electron chi connectivity index (χ2n) is 5.46. The lowest BCUT2D eigenvalue weighted by Gasteiger charge is -2.07. The smallest absolute Gasteiger partial charge is 0.124 e. The van der Waals surface area contributed by atoms with E-state index in [0.29, 0.717) is 5.92 Å². The van der Waals surface area contributed by atoms with Crippen molar-refractivity contribution in [2.45, 2.75) is 47.0 Å². The zero-order valence-corrected chi connectivity index (χ0v) is 11.2. The fraction of sp³-hybridized carbons (Fsp3) is 0.769. The number of nitrogen functional groups attached to an aromatic ring is 1. The van der Waals surface area contributed by atoms with Gasteiger partial charge in [-0.15, -0.1) is 0 Å². The maximum atomic E-state index is 6.06. The summed E-state index contributed by atoms with van der Waals surface area (Å²) >= 11 is 0. The Balaban J connectivity index is 2.85. The fourth-order valence-electron chi connectivity index (χ4n) is 1.90. The van der Waals surface area contributed by atoms with Crippen LogP contribution in [-0.2, 0) is 19.9 Å². The van der Waals surface area contributed by atoms with Crippen molar-refractivity contribution in [3.63, 3.8) is 0 Å². The van der Waals surface area contributed by atoms with Crippen molar-refractivity contribution in [3.8, 4) is 0 Å². The fourth-order valence-corrected chi connectivity index (χ4v) is 1.90. The molecule has 0 bridgehead atoms. The summed E-state index contributed by atoms with van der Waals surface area (Å²) < 4.78 is 1.81. The molecule has 2 N–H and O–H groups in total. The molecule has 0 atom stereocenters. The Morgan fingerprint density at radius 3 is 2.31 bits per heavy atom. The van der Waals surface area contributed by atoms with Crippen molar-refractivity contribution in [2.24, 2.45) is 18.9 Å². The molecule has 0 spiro atoms. The zero-order chi connectivity index (χ0) is 12.3. The summed E-state index contributed by atoms with van der Waals surface area (Å²) in [6.45, 7) is 8.93. The van der Waals surface area contributed by atoms with E-state index in [-0.39, 0.29) is 0 Å². The van der Waals surface area contributed by atoms with Gasteiger partial charge in [-0.05, 0) is 31.1 Å². The number of hydrogen-bond acceptors (Lipinski definition) is 2. The number of nitrogens with two attached hydrogens (primary N) is 1. The van der Waals surface area contributed by atoms with Crippen LogP contribution >= 0.6 is 0 Å². The highest BCUT2D eigenvalue weighted by molar-refractivity contribution is 5.43. The third kappa shape index (κ3) is 3.26. The van der Waals surface area contributed by atoms with E-state index in [1.54, 1.807) is 0 Å². The van der Waals surface area contributed by atoms with E-state index < -0.39 is 0 Å². The number of nitrogens with zero attached hydrogens (tertiary/aromatic N) is 2. The predicted octanol–water partition coefficient (Wildman–Crippen LogP) is 2.79. The molecule has 1 heterocycles. The van der Waals surface area contributed by atoms with E-state index in [0.717, 1.165) is 24.6 Å². The molecule has 0 aliphatic carbocycles. The molecule has 0 saturated carbocycles. The molecule has 0 amide bonds. The topological polar surface area (TPSA) is 43.8 Å². The van der Waals surface area contributed by atoms with E-state index in [1.165, 1.54) is 17.7 Å². The highest BCUT2D eigenvalue weighted by Crippen LogP contribution is 2.22. The molecule has 0 aliphatic heterocycles. The molecular weight excluding hydrogens is 198 g/mol. The third-order valence-corrected chi connectivity index (χ3v) is 2.85. The third-order valence-electron chi connectivity index (χ3n) is 2.85. The molecule has 1 rings (SSSR count). The van der Waals surface area contributed by atoms with Gasteiger partial charge in [-0.25, -0.2) is 0 Å². The second-order valence-corrected chi connectivity index (χ2v) is 5.46. The van der Waals surface area contributed by atoms with Crippen molar-refractivity contribution in [2.75, 3.05) is 5.73 Å². The Hall–Kier alpha value is -0.990. The molecule has 0 saturated heterocycles. The molecule has 0 aromatic carbocycles. The van der Waals surface area contributed by atoms with Crippen LogP contribution in [-0.4, -0.2) is 9.78 Å². The summed E-state index contributed by atoms with van der Waals surface area (Å²) in [6.07, 6.45) is 3.26. The van der Waals surface area contributed by atoms with Crippen LogP contribution in [0.3, 0.4) is 0 Å². The zero-order valence-electron chi connectivity index (χ0n) is 11.2. The van der Waals surface area contributed by atoms with E-state index in [9.17, 15) is 0 Å². The normalized spacial score (nSPS) is 11.7. The lowest BCUT2D eigenvalue weighted by Crippen LogP contribution is -2.03. The molecular formula is C13H25N3. The number of aromatic nitrogens is 2. The number of anilines is 1. The molecule has 0 radical (unpaired) electrons. The van der Waals surface area contributed by atoms with Crippen molar-refractivity contribution in [3.05, 3.63) is 11.3 Å². The Labute approximate surface area is 99.0 Å². The van der Waals surface area contributed by atoms with Crippen LogP contribution in [0.15, 0.2) is 0 Å². The van der Waals surface area contributed by atoms with Gasteiger partial charge in [-0.3, -0.25) is 4.68 Å². The number of rotatable bonds is 5. The molecule has 0 unspecified atom stereocenters. The van der Waals surface area contributed by atoms with E-state index >= 15 is 0 Å². The Morgan fingerprint density at radius 2 is 1.81 bits per heavy atom. The van der Waals surface area contributed by atoms with Gasteiger partial charge in [0.05, 0.1) is 5.69 Å². The largest absolute Gasteiger partial charge is 0.384 e. The van der Waals surface area contributed by atoms with Crippen LogP contribution in [0, 0.1) is 11.8 Å². The minimum Gasteiger partial charge on any atom is -0.384 e. The molecule has 1 aromatic rings. The summed E-state index contributed by atoms with van der Waals surface area (Å²) in [5, 5.41) is 4.53. The van der Waals surface area contributed by atoms with Crippen LogP contribution in [0.4, 0.5) is 5.82 Å². The summed E-state index contributed by atoms with van der Waals surface area (Å²) in [7, 11) is 1.93. The summed E-state index contributed by atoms with van der Waals surface area (Å²) in [6, 6.07) is 0. The first-order valence-electron chi connectivity index (χ1n) is 6.22. The van der Waals surface area contributed by atoms with Gasteiger partial charge in [0.2, 0.25) is 0 Å². The van der Waals surface area contributed by atoms with E-state index in [4.69, 9.17) is 5.73 Å². The van der Waals surface area contributed by atoms with Crippen molar-refractivity contribution in [1.29, 1.82) is 0 Å². The molecule has 0 aliphatic rings. The molecule has 1 aromatic heterocycles. The van der Waals surface area contributed by atoms with Gasteiger partial charge in [-0.1, -0.05) is 27.7 Å². The molecule has 0 fully saturated rings. The van der Waals surface area contributed by atoms with Crippen molar-refractivity contribution >= 4 is 5.82 Å². The Kier molecular flexibility index (Phi) is 4.39. The van der Waals surface area contributed by atoms with Gasteiger partial charge < -0.3 is 5.73 Å². The lowest BCUT2D eigenvalue weighted by atomic mass is 9.98. The van der Waals surface area contributed by atoms with Gasteiger partial charge in [0, 0.05) is 12.6 Å². The molecule has 92 valence electrons. The Bertz CT molecular complexity index is 337. The number of aryl methyl sites for hydroxylation is 2. The minimum atomic E-state index is 0.629. The first-order chi connectivity index (χ1) is 7.41. The van der Waals surface area contributed by atoms with Crippen LogP contribution < -0.4 is 5.73 Å². The standard InChI is InChI=1S/C13H25N3/c1-9(2)6-7-12-11(8-10(3)4)13(14)16(5)15-12/h9-10H,6-8,14H2,1-5H3. The minimum absolute atomic E-state index is 0.629. The van der Waals surface area contributed by atoms with Gasteiger partial charge in [0.25, 0.3) is 0 Å². The SMILES string of the molecule is CC(C)CCc1nn(C)c(N)c1CC(C)C. The van der Waals surface area contributed by atoms with Gasteiger partial charge in [0.15, 0.2) is 0 Å². The van der Waals surface area contributed by atoms with Crippen molar-refractivity contribution < 1.29 is 0 Å². The van der Waals surface area contributed by atoms with Crippen LogP contribution in [0.5, 0.6) is 0 Å². The van der Waals surface area contributed by atoms with Gasteiger partial charge in [-0.2, -0.15) is 5.10 Å². The van der Waals surface area contributed by atoms with Crippen LogP contribution in [0.2, 0.25) is 0 Å². The summed E-state index contributed by atoms with van der Waals surface area (Å²) in [4.78, 5) is 0. The first kappa shape index (κ1) is 13.1. The van der Waals surface area contributed by atoms with Gasteiger partial charge >= 0.3 is 0 Å². The second kappa shape index (κ2) is 5.37. The van der Waals surface area contributed by atoms with Crippen LogP contribution in [0.25, 0.3) is 0 Å². The van der Waals surface area contributed by atoms with Crippen LogP contribution in [0.1, 0.15) is 45.4 Å². The quantitative estimate of drug-likeness (QED) is 0.834. The molecule has 16 heavy (non-hydrogen) atoms. The summed E-state index contributed by atoms with van der Waals surface area (Å²) in [5.74, 6) is 2.19. The summed E-state index contributed by atoms with van der Waals surface area (Å²) in [5.41, 5.74) is 8.52. The van der Waals surface area contributed by atoms with Gasteiger partial charge in [0.1, 0.15) is 5.82 Å². The van der Waals surface area contributed by atoms with E-state index in [2.05, 4.69) is 32.8 Å². The molecule has 3 nitrogen and oxygen atoms in total. The predicted molar refractivity (Wildman–Crippen MR) is 69.3 cm³/mol. The van der Waals surface area contributed by atoms with E-state index in [1.807, 2.05) is 11.7 Å². The maximum Gasteiger partial charge on any atom is 0.124 e. The number of hydrogen-bond donors (Lipinski definition) is 1.